The van der Waals surface area contributed by atoms with E-state index in [2.05, 4.69) is 67.0 Å². The molecular formula is C30H28ClF. The van der Waals surface area contributed by atoms with Crippen molar-refractivity contribution in [3.8, 4) is 11.8 Å². The quantitative estimate of drug-likeness (QED) is 0.274. The van der Waals surface area contributed by atoms with E-state index in [4.69, 9.17) is 11.6 Å². The molecule has 1 aliphatic rings. The van der Waals surface area contributed by atoms with Crippen molar-refractivity contribution in [2.45, 2.75) is 50.4 Å². The summed E-state index contributed by atoms with van der Waals surface area (Å²) in [5.41, 5.74) is 5.84. The van der Waals surface area contributed by atoms with Gasteiger partial charge in [-0.3, -0.25) is 0 Å². The van der Waals surface area contributed by atoms with Gasteiger partial charge in [0.2, 0.25) is 0 Å². The van der Waals surface area contributed by atoms with Crippen LogP contribution in [-0.4, -0.2) is 0 Å². The lowest BCUT2D eigenvalue weighted by molar-refractivity contribution is 0.396. The molecule has 3 aromatic carbocycles. The van der Waals surface area contributed by atoms with Gasteiger partial charge in [-0.1, -0.05) is 65.9 Å². The molecule has 0 radical (unpaired) electrons. The van der Waals surface area contributed by atoms with Crippen molar-refractivity contribution in [2.75, 3.05) is 0 Å². The summed E-state index contributed by atoms with van der Waals surface area (Å²) in [6.07, 6.45) is 9.01. The number of aryl methyl sites for hydroxylation is 1. The Morgan fingerprint density at radius 3 is 1.91 bits per heavy atom. The highest BCUT2D eigenvalue weighted by Crippen LogP contribution is 2.40. The fraction of sp³-hybridized carbons (Fsp3) is 0.267. The molecule has 0 unspecified atom stereocenters. The van der Waals surface area contributed by atoms with Crippen molar-refractivity contribution in [1.82, 2.24) is 0 Å². The van der Waals surface area contributed by atoms with Crippen LogP contribution < -0.4 is 0 Å². The summed E-state index contributed by atoms with van der Waals surface area (Å²) in [4.78, 5) is 0. The maximum atomic E-state index is 13.6. The Morgan fingerprint density at radius 1 is 0.812 bits per heavy atom. The second-order valence-corrected chi connectivity index (χ2v) is 9.03. The summed E-state index contributed by atoms with van der Waals surface area (Å²) in [5.74, 6) is 6.98. The number of benzene rings is 3. The molecule has 0 heterocycles. The summed E-state index contributed by atoms with van der Waals surface area (Å²) < 4.78 is 13.6. The zero-order chi connectivity index (χ0) is 22.3. The number of hydrogen-bond acceptors (Lipinski definition) is 0. The van der Waals surface area contributed by atoms with Gasteiger partial charge in [0.1, 0.15) is 5.82 Å². The van der Waals surface area contributed by atoms with Gasteiger partial charge in [-0.2, -0.15) is 0 Å². The lowest BCUT2D eigenvalue weighted by atomic mass is 9.76. The molecule has 2 heteroatoms. The first-order chi connectivity index (χ1) is 15.6. The monoisotopic (exact) mass is 442 g/mol. The van der Waals surface area contributed by atoms with Crippen molar-refractivity contribution in [3.63, 3.8) is 0 Å². The average molecular weight is 443 g/mol. The van der Waals surface area contributed by atoms with E-state index in [1.165, 1.54) is 54.5 Å². The minimum absolute atomic E-state index is 0.121. The molecule has 1 fully saturated rings. The minimum atomic E-state index is -0.437. The molecule has 0 nitrogen and oxygen atoms in total. The van der Waals surface area contributed by atoms with Gasteiger partial charge >= 0.3 is 0 Å². The first kappa shape index (κ1) is 22.4. The third-order valence-electron chi connectivity index (χ3n) is 6.47. The molecule has 0 aliphatic heterocycles. The predicted molar refractivity (Wildman–Crippen MR) is 133 cm³/mol. The highest BCUT2D eigenvalue weighted by molar-refractivity contribution is 6.30. The van der Waals surface area contributed by atoms with Crippen molar-refractivity contribution in [3.05, 3.63) is 118 Å². The smallest absolute Gasteiger partial charge is 0.143 e. The Kier molecular flexibility index (Phi) is 7.46. The zero-order valence-corrected chi connectivity index (χ0v) is 19.0. The number of halogens is 2. The minimum Gasteiger partial charge on any atom is -0.205 e. The molecule has 4 rings (SSSR count). The number of hydrogen-bond donors (Lipinski definition) is 0. The highest BCUT2D eigenvalue weighted by atomic mass is 35.5. The lowest BCUT2D eigenvalue weighted by Crippen LogP contribution is -2.12. The Morgan fingerprint density at radius 2 is 1.34 bits per heavy atom. The van der Waals surface area contributed by atoms with Crippen LogP contribution in [0.4, 0.5) is 4.39 Å². The number of allylic oxidation sites excluding steroid dienone is 1. The van der Waals surface area contributed by atoms with Crippen LogP contribution in [0, 0.1) is 17.7 Å². The summed E-state index contributed by atoms with van der Waals surface area (Å²) in [7, 11) is 0. The average Bonchev–Trinajstić information content (AvgIpc) is 2.84. The van der Waals surface area contributed by atoms with Crippen LogP contribution in [0.25, 0.3) is 0 Å². The van der Waals surface area contributed by atoms with Crippen molar-refractivity contribution < 1.29 is 4.39 Å². The maximum Gasteiger partial charge on any atom is 0.143 e. The lowest BCUT2D eigenvalue weighted by Gasteiger charge is -2.29. The van der Waals surface area contributed by atoms with E-state index in [-0.39, 0.29) is 5.02 Å². The van der Waals surface area contributed by atoms with Crippen LogP contribution in [0.2, 0.25) is 5.02 Å². The second kappa shape index (κ2) is 10.7. The Hall–Kier alpha value is -2.82. The molecule has 1 saturated carbocycles. The molecule has 0 atom stereocenters. The van der Waals surface area contributed by atoms with E-state index in [0.29, 0.717) is 17.4 Å². The zero-order valence-electron chi connectivity index (χ0n) is 18.3. The van der Waals surface area contributed by atoms with Gasteiger partial charge in [-0.25, -0.2) is 4.39 Å². The Balaban J connectivity index is 1.33. The highest BCUT2D eigenvalue weighted by Gasteiger charge is 2.23. The van der Waals surface area contributed by atoms with Gasteiger partial charge in [-0.15, -0.1) is 6.58 Å². The summed E-state index contributed by atoms with van der Waals surface area (Å²) in [6.45, 7) is 3.81. The molecule has 0 N–H and O–H groups in total. The topological polar surface area (TPSA) is 0 Å². The first-order valence-corrected chi connectivity index (χ1v) is 11.8. The van der Waals surface area contributed by atoms with E-state index in [1.807, 2.05) is 6.08 Å². The predicted octanol–water partition coefficient (Wildman–Crippen LogP) is 8.44. The van der Waals surface area contributed by atoms with Crippen LogP contribution in [0.5, 0.6) is 0 Å². The van der Waals surface area contributed by atoms with Gasteiger partial charge < -0.3 is 0 Å². The summed E-state index contributed by atoms with van der Waals surface area (Å²) >= 11 is 5.73. The normalized spacial score (nSPS) is 17.9. The second-order valence-electron chi connectivity index (χ2n) is 8.62. The molecule has 0 bridgehead atoms. The van der Waals surface area contributed by atoms with Crippen LogP contribution in [0.1, 0.15) is 71.8 Å². The molecule has 0 saturated heterocycles. The van der Waals surface area contributed by atoms with Gasteiger partial charge in [0, 0.05) is 11.1 Å². The van der Waals surface area contributed by atoms with Gasteiger partial charge in [0.15, 0.2) is 0 Å². The van der Waals surface area contributed by atoms with Crippen LogP contribution in [0.15, 0.2) is 79.4 Å². The number of rotatable bonds is 5. The largest absolute Gasteiger partial charge is 0.205 e. The summed E-state index contributed by atoms with van der Waals surface area (Å²) in [6, 6.07) is 22.4. The Bertz CT molecular complexity index is 1110. The molecular weight excluding hydrogens is 415 g/mol. The van der Waals surface area contributed by atoms with E-state index in [1.54, 1.807) is 6.07 Å². The van der Waals surface area contributed by atoms with E-state index in [9.17, 15) is 4.39 Å². The van der Waals surface area contributed by atoms with Crippen LogP contribution in [0.3, 0.4) is 0 Å². The van der Waals surface area contributed by atoms with Crippen molar-refractivity contribution in [2.24, 2.45) is 0 Å². The molecule has 32 heavy (non-hydrogen) atoms. The Labute approximate surface area is 196 Å². The van der Waals surface area contributed by atoms with Gasteiger partial charge in [-0.05, 0) is 97.4 Å². The van der Waals surface area contributed by atoms with Gasteiger partial charge in [0.05, 0.1) is 5.02 Å². The molecule has 3 aromatic rings. The standard InChI is InChI=1S/C30H28ClF/c1-2-3-4-22-7-12-25(13-8-22)27-16-18-28(19-17-27)26-14-9-23(10-15-26)5-6-24-11-20-29(31)30(32)21-24/h2,7-15,20-21,27-28H,1,3-4,16-19H2/t27-,28-. The fourth-order valence-electron chi connectivity index (χ4n) is 4.54. The molecule has 0 amide bonds. The van der Waals surface area contributed by atoms with Crippen molar-refractivity contribution >= 4 is 11.6 Å². The SMILES string of the molecule is C=CCCc1ccc([C@H]2CC[C@H](c3ccc(C#Cc4ccc(Cl)c(F)c4)cc3)CC2)cc1. The van der Waals surface area contributed by atoms with Crippen molar-refractivity contribution in [1.29, 1.82) is 0 Å². The first-order valence-electron chi connectivity index (χ1n) is 11.4. The molecule has 1 aliphatic carbocycles. The van der Waals surface area contributed by atoms with E-state index < -0.39 is 5.82 Å². The summed E-state index contributed by atoms with van der Waals surface area (Å²) in [5, 5.41) is 0.121. The van der Waals surface area contributed by atoms with Crippen LogP contribution >= 0.6 is 11.6 Å². The maximum absolute atomic E-state index is 13.6. The van der Waals surface area contributed by atoms with E-state index in [0.717, 1.165) is 18.4 Å². The molecule has 162 valence electrons. The van der Waals surface area contributed by atoms with Gasteiger partial charge in [0.25, 0.3) is 0 Å². The molecule has 0 aromatic heterocycles. The third kappa shape index (κ3) is 5.70. The molecule has 0 spiro atoms. The van der Waals surface area contributed by atoms with E-state index >= 15 is 0 Å². The third-order valence-corrected chi connectivity index (χ3v) is 6.77. The fourth-order valence-corrected chi connectivity index (χ4v) is 4.66. The van der Waals surface area contributed by atoms with Crippen LogP contribution in [-0.2, 0) is 6.42 Å².